The van der Waals surface area contributed by atoms with E-state index >= 15 is 0 Å². The summed E-state index contributed by atoms with van der Waals surface area (Å²) in [6, 6.07) is 13.8. The van der Waals surface area contributed by atoms with Crippen LogP contribution in [0.3, 0.4) is 0 Å². The Labute approximate surface area is 162 Å². The SMILES string of the molecule is Cc1cc2nc(NC(=O)C3CC3c3ccccc3)cc(N3CC[C@H](F)C3)n2n1. The van der Waals surface area contributed by atoms with E-state index in [9.17, 15) is 9.18 Å². The van der Waals surface area contributed by atoms with Crippen molar-refractivity contribution in [3.8, 4) is 0 Å². The molecule has 7 heteroatoms. The Balaban J connectivity index is 1.39. The molecule has 1 aliphatic heterocycles. The van der Waals surface area contributed by atoms with Crippen molar-refractivity contribution in [2.75, 3.05) is 23.3 Å². The summed E-state index contributed by atoms with van der Waals surface area (Å²) in [4.78, 5) is 19.2. The van der Waals surface area contributed by atoms with Gasteiger partial charge in [0.15, 0.2) is 5.65 Å². The first-order valence-corrected chi connectivity index (χ1v) is 9.71. The lowest BCUT2D eigenvalue weighted by atomic mass is 10.1. The molecule has 3 heterocycles. The highest BCUT2D eigenvalue weighted by molar-refractivity contribution is 5.95. The zero-order valence-electron chi connectivity index (χ0n) is 15.7. The molecule has 1 aliphatic carbocycles. The number of benzene rings is 1. The average molecular weight is 379 g/mol. The van der Waals surface area contributed by atoms with Gasteiger partial charge in [0.25, 0.3) is 0 Å². The molecular formula is C21H22FN5O. The van der Waals surface area contributed by atoms with Crippen LogP contribution in [0.25, 0.3) is 5.65 Å². The lowest BCUT2D eigenvalue weighted by molar-refractivity contribution is -0.117. The van der Waals surface area contributed by atoms with Crippen molar-refractivity contribution < 1.29 is 9.18 Å². The van der Waals surface area contributed by atoms with Gasteiger partial charge in [-0.1, -0.05) is 30.3 Å². The molecule has 0 radical (unpaired) electrons. The zero-order chi connectivity index (χ0) is 19.3. The number of rotatable bonds is 4. The van der Waals surface area contributed by atoms with Gasteiger partial charge in [-0.3, -0.25) is 4.79 Å². The number of aromatic nitrogens is 3. The van der Waals surface area contributed by atoms with Gasteiger partial charge in [0.05, 0.1) is 12.2 Å². The van der Waals surface area contributed by atoms with Crippen molar-refractivity contribution in [2.45, 2.75) is 31.9 Å². The highest BCUT2D eigenvalue weighted by atomic mass is 19.1. The highest BCUT2D eigenvalue weighted by Gasteiger charge is 2.44. The van der Waals surface area contributed by atoms with E-state index in [0.717, 1.165) is 17.9 Å². The standard InChI is InChI=1S/C21H22FN5O/c1-13-9-19-23-18(11-20(27(19)25-13)26-8-7-15(22)12-26)24-21(28)17-10-16(17)14-5-3-2-4-6-14/h2-6,9,11,15-17H,7-8,10,12H2,1H3,(H,23,24,28)/t15-,16?,17?/m0/s1. The largest absolute Gasteiger partial charge is 0.353 e. The van der Waals surface area contributed by atoms with Gasteiger partial charge in [0.2, 0.25) is 5.91 Å². The number of carbonyl (C=O) groups excluding carboxylic acids is 1. The van der Waals surface area contributed by atoms with Crippen LogP contribution in [-0.2, 0) is 4.79 Å². The number of amides is 1. The molecule has 1 amide bonds. The third kappa shape index (κ3) is 3.10. The van der Waals surface area contributed by atoms with Crippen molar-refractivity contribution >= 4 is 23.2 Å². The average Bonchev–Trinajstić information content (AvgIpc) is 3.24. The molecule has 0 spiro atoms. The van der Waals surface area contributed by atoms with Crippen LogP contribution in [0.15, 0.2) is 42.5 Å². The first-order valence-electron chi connectivity index (χ1n) is 9.71. The number of hydrogen-bond donors (Lipinski definition) is 1. The Morgan fingerprint density at radius 3 is 2.82 bits per heavy atom. The summed E-state index contributed by atoms with van der Waals surface area (Å²) in [6.45, 7) is 2.86. The second kappa shape index (κ2) is 6.58. The number of fused-ring (bicyclic) bond motifs is 1. The van der Waals surface area contributed by atoms with Crippen molar-refractivity contribution in [2.24, 2.45) is 5.92 Å². The van der Waals surface area contributed by atoms with Crippen LogP contribution in [0.5, 0.6) is 0 Å². The van der Waals surface area contributed by atoms with Gasteiger partial charge < -0.3 is 10.2 Å². The second-order valence-corrected chi connectivity index (χ2v) is 7.74. The van der Waals surface area contributed by atoms with E-state index in [1.165, 1.54) is 5.56 Å². The molecule has 2 unspecified atom stereocenters. The first kappa shape index (κ1) is 17.2. The maximum Gasteiger partial charge on any atom is 0.229 e. The maximum atomic E-state index is 13.7. The fourth-order valence-electron chi connectivity index (χ4n) is 4.06. The number of carbonyl (C=O) groups is 1. The van der Waals surface area contributed by atoms with E-state index in [1.807, 2.05) is 36.1 Å². The van der Waals surface area contributed by atoms with E-state index in [0.29, 0.717) is 31.0 Å². The van der Waals surface area contributed by atoms with Crippen LogP contribution in [0.4, 0.5) is 16.0 Å². The minimum absolute atomic E-state index is 0.0160. The van der Waals surface area contributed by atoms with Gasteiger partial charge >= 0.3 is 0 Å². The van der Waals surface area contributed by atoms with Crippen LogP contribution >= 0.6 is 0 Å². The third-order valence-electron chi connectivity index (χ3n) is 5.59. The van der Waals surface area contributed by atoms with Crippen LogP contribution in [0.1, 0.15) is 30.0 Å². The normalized spacial score (nSPS) is 23.9. The van der Waals surface area contributed by atoms with Gasteiger partial charge in [-0.15, -0.1) is 0 Å². The Morgan fingerprint density at radius 1 is 1.25 bits per heavy atom. The molecule has 1 N–H and O–H groups in total. The first-order chi connectivity index (χ1) is 13.6. The minimum Gasteiger partial charge on any atom is -0.353 e. The Hall–Kier alpha value is -2.96. The van der Waals surface area contributed by atoms with Gasteiger partial charge in [-0.2, -0.15) is 9.61 Å². The van der Waals surface area contributed by atoms with E-state index in [-0.39, 0.29) is 17.7 Å². The summed E-state index contributed by atoms with van der Waals surface area (Å²) in [5.41, 5.74) is 2.69. The third-order valence-corrected chi connectivity index (χ3v) is 5.59. The van der Waals surface area contributed by atoms with Crippen LogP contribution < -0.4 is 10.2 Å². The van der Waals surface area contributed by atoms with Gasteiger partial charge in [0.1, 0.15) is 17.8 Å². The van der Waals surface area contributed by atoms with Crippen molar-refractivity contribution in [1.82, 2.24) is 14.6 Å². The van der Waals surface area contributed by atoms with E-state index in [2.05, 4.69) is 27.5 Å². The van der Waals surface area contributed by atoms with Gasteiger partial charge in [-0.25, -0.2) is 9.37 Å². The molecule has 0 bridgehead atoms. The van der Waals surface area contributed by atoms with Crippen LogP contribution in [0, 0.1) is 12.8 Å². The molecule has 1 aromatic carbocycles. The molecule has 2 fully saturated rings. The molecule has 6 nitrogen and oxygen atoms in total. The predicted molar refractivity (Wildman–Crippen MR) is 105 cm³/mol. The van der Waals surface area contributed by atoms with Crippen molar-refractivity contribution in [3.63, 3.8) is 0 Å². The quantitative estimate of drug-likeness (QED) is 0.755. The number of hydrogen-bond acceptors (Lipinski definition) is 4. The molecule has 2 aliphatic rings. The number of anilines is 2. The number of alkyl halides is 1. The smallest absolute Gasteiger partial charge is 0.229 e. The lowest BCUT2D eigenvalue weighted by Gasteiger charge is -2.19. The predicted octanol–water partition coefficient (Wildman–Crippen LogP) is 3.33. The molecular weight excluding hydrogens is 357 g/mol. The number of halogens is 1. The molecule has 2 aromatic heterocycles. The van der Waals surface area contributed by atoms with Gasteiger partial charge in [-0.05, 0) is 31.2 Å². The maximum absolute atomic E-state index is 13.7. The molecule has 1 saturated carbocycles. The molecule has 28 heavy (non-hydrogen) atoms. The molecule has 3 atom stereocenters. The fraction of sp³-hybridized carbons (Fsp3) is 0.381. The second-order valence-electron chi connectivity index (χ2n) is 7.74. The van der Waals surface area contributed by atoms with Gasteiger partial charge in [0, 0.05) is 24.6 Å². The summed E-state index contributed by atoms with van der Waals surface area (Å²) in [5, 5.41) is 7.45. The highest BCUT2D eigenvalue weighted by Crippen LogP contribution is 2.47. The summed E-state index contributed by atoms with van der Waals surface area (Å²) >= 11 is 0. The Bertz CT molecular complexity index is 1030. The monoisotopic (exact) mass is 379 g/mol. The number of nitrogens with zero attached hydrogens (tertiary/aromatic N) is 4. The van der Waals surface area contributed by atoms with E-state index < -0.39 is 6.17 Å². The van der Waals surface area contributed by atoms with Crippen LogP contribution in [0.2, 0.25) is 0 Å². The topological polar surface area (TPSA) is 62.5 Å². The molecule has 5 rings (SSSR count). The van der Waals surface area contributed by atoms with Crippen LogP contribution in [-0.4, -0.2) is 39.8 Å². The number of aryl methyl sites for hydroxylation is 1. The van der Waals surface area contributed by atoms with E-state index in [1.54, 1.807) is 10.6 Å². The fourth-order valence-corrected chi connectivity index (χ4v) is 4.06. The summed E-state index contributed by atoms with van der Waals surface area (Å²) in [5.74, 6) is 1.49. The zero-order valence-corrected chi connectivity index (χ0v) is 15.7. The summed E-state index contributed by atoms with van der Waals surface area (Å²) < 4.78 is 15.5. The molecule has 3 aromatic rings. The van der Waals surface area contributed by atoms with Crippen molar-refractivity contribution in [1.29, 1.82) is 0 Å². The molecule has 144 valence electrons. The minimum atomic E-state index is -0.837. The summed E-state index contributed by atoms with van der Waals surface area (Å²) in [7, 11) is 0. The van der Waals surface area contributed by atoms with Crippen molar-refractivity contribution in [3.05, 3.63) is 53.7 Å². The number of nitrogens with one attached hydrogen (secondary N) is 1. The van der Waals surface area contributed by atoms with E-state index in [4.69, 9.17) is 0 Å². The lowest BCUT2D eigenvalue weighted by Crippen LogP contribution is -2.24. The summed E-state index contributed by atoms with van der Waals surface area (Å²) in [6.07, 6.45) is 0.523. The Kier molecular flexibility index (Phi) is 4.03. The molecule has 1 saturated heterocycles. The Morgan fingerprint density at radius 2 is 2.07 bits per heavy atom.